The SMILES string of the molecule is COCCOc1ccc(CN2CCC[C@@H]2c2nc(-c3ccncc3)cc(=O)[nH]2)cc1. The molecule has 1 N–H and O–H groups in total. The maximum Gasteiger partial charge on any atom is 0.251 e. The van der Waals surface area contributed by atoms with Crippen LogP contribution in [0.2, 0.25) is 0 Å². The van der Waals surface area contributed by atoms with Gasteiger partial charge in [-0.3, -0.25) is 14.7 Å². The lowest BCUT2D eigenvalue weighted by molar-refractivity contribution is 0.146. The normalized spacial score (nSPS) is 16.6. The molecule has 7 heteroatoms. The predicted molar refractivity (Wildman–Crippen MR) is 114 cm³/mol. The van der Waals surface area contributed by atoms with Gasteiger partial charge in [-0.25, -0.2) is 4.98 Å². The van der Waals surface area contributed by atoms with Crippen LogP contribution in [0.25, 0.3) is 11.3 Å². The van der Waals surface area contributed by atoms with Crippen molar-refractivity contribution < 1.29 is 9.47 Å². The molecule has 3 aromatic rings. The summed E-state index contributed by atoms with van der Waals surface area (Å²) in [6, 6.07) is 13.5. The van der Waals surface area contributed by atoms with Crippen molar-refractivity contribution >= 4 is 0 Å². The summed E-state index contributed by atoms with van der Waals surface area (Å²) in [5.74, 6) is 1.57. The minimum atomic E-state index is -0.128. The van der Waals surface area contributed by atoms with Gasteiger partial charge in [0.15, 0.2) is 0 Å². The van der Waals surface area contributed by atoms with Gasteiger partial charge in [0.05, 0.1) is 18.3 Å². The number of H-pyrrole nitrogens is 1. The second-order valence-corrected chi connectivity index (χ2v) is 7.37. The molecule has 7 nitrogen and oxygen atoms in total. The molecular weight excluding hydrogens is 380 g/mol. The molecule has 30 heavy (non-hydrogen) atoms. The average molecular weight is 406 g/mol. The van der Waals surface area contributed by atoms with Gasteiger partial charge >= 0.3 is 0 Å². The Morgan fingerprint density at radius 1 is 1.13 bits per heavy atom. The Balaban J connectivity index is 1.49. The van der Waals surface area contributed by atoms with Crippen LogP contribution in [0.4, 0.5) is 0 Å². The molecule has 1 aliphatic rings. The van der Waals surface area contributed by atoms with Gasteiger partial charge in [0.25, 0.3) is 5.56 Å². The van der Waals surface area contributed by atoms with Crippen molar-refractivity contribution in [2.45, 2.75) is 25.4 Å². The number of pyridine rings is 1. The monoisotopic (exact) mass is 406 g/mol. The Bertz CT molecular complexity index is 1000. The predicted octanol–water partition coefficient (Wildman–Crippen LogP) is 3.19. The third kappa shape index (κ3) is 4.93. The molecule has 3 heterocycles. The smallest absolute Gasteiger partial charge is 0.251 e. The molecule has 1 atom stereocenters. The number of nitrogens with zero attached hydrogens (tertiary/aromatic N) is 3. The van der Waals surface area contributed by atoms with E-state index in [4.69, 9.17) is 14.5 Å². The molecule has 1 saturated heterocycles. The molecule has 2 aromatic heterocycles. The molecule has 0 saturated carbocycles. The quantitative estimate of drug-likeness (QED) is 0.579. The average Bonchev–Trinajstić information content (AvgIpc) is 3.23. The third-order valence-electron chi connectivity index (χ3n) is 5.28. The zero-order chi connectivity index (χ0) is 20.8. The first kappa shape index (κ1) is 20.3. The molecule has 0 bridgehead atoms. The number of likely N-dealkylation sites (tertiary alicyclic amines) is 1. The van der Waals surface area contributed by atoms with E-state index < -0.39 is 0 Å². The lowest BCUT2D eigenvalue weighted by atomic mass is 10.1. The van der Waals surface area contributed by atoms with Crippen molar-refractivity contribution in [2.24, 2.45) is 0 Å². The number of benzene rings is 1. The van der Waals surface area contributed by atoms with Crippen molar-refractivity contribution in [3.8, 4) is 17.0 Å². The van der Waals surface area contributed by atoms with E-state index in [2.05, 4.69) is 27.0 Å². The number of hydrogen-bond donors (Lipinski definition) is 1. The first-order valence-electron chi connectivity index (χ1n) is 10.2. The van der Waals surface area contributed by atoms with E-state index in [1.54, 1.807) is 25.6 Å². The van der Waals surface area contributed by atoms with Crippen LogP contribution in [-0.2, 0) is 11.3 Å². The summed E-state index contributed by atoms with van der Waals surface area (Å²) in [7, 11) is 1.66. The highest BCUT2D eigenvalue weighted by atomic mass is 16.5. The fourth-order valence-corrected chi connectivity index (χ4v) is 3.80. The van der Waals surface area contributed by atoms with Crippen molar-refractivity contribution in [3.05, 3.63) is 76.6 Å². The van der Waals surface area contributed by atoms with Crippen LogP contribution < -0.4 is 10.3 Å². The molecule has 0 amide bonds. The van der Waals surface area contributed by atoms with Crippen molar-refractivity contribution in [3.63, 3.8) is 0 Å². The van der Waals surface area contributed by atoms with Crippen LogP contribution in [0.5, 0.6) is 5.75 Å². The number of aromatic amines is 1. The number of nitrogens with one attached hydrogen (secondary N) is 1. The van der Waals surface area contributed by atoms with Gasteiger partial charge in [-0.15, -0.1) is 0 Å². The molecule has 0 radical (unpaired) electrons. The third-order valence-corrected chi connectivity index (χ3v) is 5.28. The van der Waals surface area contributed by atoms with E-state index >= 15 is 0 Å². The highest BCUT2D eigenvalue weighted by Crippen LogP contribution is 2.32. The van der Waals surface area contributed by atoms with Crippen molar-refractivity contribution in [1.29, 1.82) is 0 Å². The van der Waals surface area contributed by atoms with Gasteiger partial charge in [0.2, 0.25) is 0 Å². The van der Waals surface area contributed by atoms with Crippen LogP contribution in [0.15, 0.2) is 59.7 Å². The zero-order valence-electron chi connectivity index (χ0n) is 17.1. The highest BCUT2D eigenvalue weighted by molar-refractivity contribution is 5.57. The van der Waals surface area contributed by atoms with Crippen LogP contribution in [-0.4, -0.2) is 46.7 Å². The van der Waals surface area contributed by atoms with Crippen molar-refractivity contribution in [2.75, 3.05) is 26.9 Å². The van der Waals surface area contributed by atoms with E-state index in [0.29, 0.717) is 18.9 Å². The largest absolute Gasteiger partial charge is 0.491 e. The summed E-state index contributed by atoms with van der Waals surface area (Å²) in [5.41, 5.74) is 2.65. The minimum absolute atomic E-state index is 0.0946. The second kappa shape index (κ2) is 9.65. The van der Waals surface area contributed by atoms with Gasteiger partial charge in [-0.1, -0.05) is 12.1 Å². The second-order valence-electron chi connectivity index (χ2n) is 7.37. The fraction of sp³-hybridized carbons (Fsp3) is 0.348. The van der Waals surface area contributed by atoms with Crippen LogP contribution >= 0.6 is 0 Å². The van der Waals surface area contributed by atoms with Crippen LogP contribution in [0.3, 0.4) is 0 Å². The summed E-state index contributed by atoms with van der Waals surface area (Å²) in [6.45, 7) is 2.88. The molecule has 0 aliphatic carbocycles. The van der Waals surface area contributed by atoms with E-state index in [-0.39, 0.29) is 11.6 Å². The number of aromatic nitrogens is 3. The van der Waals surface area contributed by atoms with Crippen molar-refractivity contribution in [1.82, 2.24) is 19.9 Å². The molecule has 1 fully saturated rings. The standard InChI is InChI=1S/C23H26N4O3/c1-29-13-14-30-19-6-4-17(5-7-19)16-27-12-2-3-21(27)23-25-20(15-22(28)26-23)18-8-10-24-11-9-18/h4-11,15,21H,2-3,12-14,16H2,1H3,(H,25,26,28)/t21-/m1/s1. The molecular formula is C23H26N4O3. The highest BCUT2D eigenvalue weighted by Gasteiger charge is 2.28. The molecule has 156 valence electrons. The van der Waals surface area contributed by atoms with Gasteiger partial charge in [0, 0.05) is 37.7 Å². The summed E-state index contributed by atoms with van der Waals surface area (Å²) in [4.78, 5) is 26.4. The molecule has 0 spiro atoms. The fourth-order valence-electron chi connectivity index (χ4n) is 3.80. The lowest BCUT2D eigenvalue weighted by Crippen LogP contribution is -2.26. The molecule has 0 unspecified atom stereocenters. The van der Waals surface area contributed by atoms with Gasteiger partial charge in [-0.2, -0.15) is 0 Å². The minimum Gasteiger partial charge on any atom is -0.491 e. The van der Waals surface area contributed by atoms with Gasteiger partial charge in [-0.05, 0) is 49.2 Å². The Kier molecular flexibility index (Phi) is 6.51. The van der Waals surface area contributed by atoms with Gasteiger partial charge in [0.1, 0.15) is 18.2 Å². The molecule has 1 aromatic carbocycles. The first-order chi connectivity index (χ1) is 14.7. The summed E-state index contributed by atoms with van der Waals surface area (Å²) in [5, 5.41) is 0. The first-order valence-corrected chi connectivity index (χ1v) is 10.2. The van der Waals surface area contributed by atoms with Crippen LogP contribution in [0.1, 0.15) is 30.3 Å². The zero-order valence-corrected chi connectivity index (χ0v) is 17.1. The van der Waals surface area contributed by atoms with E-state index in [1.807, 2.05) is 24.3 Å². The summed E-state index contributed by atoms with van der Waals surface area (Å²) >= 11 is 0. The lowest BCUT2D eigenvalue weighted by Gasteiger charge is -2.24. The maximum atomic E-state index is 12.3. The number of methoxy groups -OCH3 is 1. The van der Waals surface area contributed by atoms with E-state index in [0.717, 1.165) is 43.1 Å². The van der Waals surface area contributed by atoms with E-state index in [9.17, 15) is 4.79 Å². The number of ether oxygens (including phenoxy) is 2. The maximum absolute atomic E-state index is 12.3. The van der Waals surface area contributed by atoms with E-state index in [1.165, 1.54) is 5.56 Å². The molecule has 1 aliphatic heterocycles. The van der Waals surface area contributed by atoms with Gasteiger partial charge < -0.3 is 14.5 Å². The van der Waals surface area contributed by atoms with Crippen LogP contribution in [0, 0.1) is 0 Å². The molecule has 4 rings (SSSR count). The summed E-state index contributed by atoms with van der Waals surface area (Å²) < 4.78 is 10.6. The Hall–Kier alpha value is -3.03. The Labute approximate surface area is 175 Å². The number of hydrogen-bond acceptors (Lipinski definition) is 6. The summed E-state index contributed by atoms with van der Waals surface area (Å²) in [6.07, 6.45) is 5.47. The topological polar surface area (TPSA) is 80.3 Å². The number of rotatable bonds is 8. The Morgan fingerprint density at radius 3 is 2.70 bits per heavy atom. The Morgan fingerprint density at radius 2 is 1.93 bits per heavy atom.